The van der Waals surface area contributed by atoms with E-state index in [1.165, 1.54) is 6.20 Å². The molecular formula is C10H9BrClN5. The molecule has 0 bridgehead atoms. The van der Waals surface area contributed by atoms with Gasteiger partial charge in [0.1, 0.15) is 0 Å². The van der Waals surface area contributed by atoms with E-state index in [2.05, 4.69) is 36.6 Å². The van der Waals surface area contributed by atoms with Crippen molar-refractivity contribution >= 4 is 44.9 Å². The van der Waals surface area contributed by atoms with Gasteiger partial charge < -0.3 is 10.7 Å². The molecule has 2 rings (SSSR count). The summed E-state index contributed by atoms with van der Waals surface area (Å²) in [4.78, 5) is 8.17. The molecule has 0 radical (unpaired) electrons. The number of rotatable bonds is 3. The molecule has 0 amide bonds. The molecule has 0 saturated carbocycles. The number of anilines is 3. The van der Waals surface area contributed by atoms with Crippen LogP contribution in [0.1, 0.15) is 0 Å². The maximum absolute atomic E-state index is 5.91. The van der Waals surface area contributed by atoms with Gasteiger partial charge in [-0.2, -0.15) is 0 Å². The van der Waals surface area contributed by atoms with Crippen LogP contribution in [-0.4, -0.2) is 9.97 Å². The number of nitrogens with one attached hydrogen (secondary N) is 2. The van der Waals surface area contributed by atoms with Gasteiger partial charge in [-0.25, -0.2) is 10.8 Å². The Bertz CT molecular complexity index is 534. The molecule has 2 aromatic rings. The minimum atomic E-state index is 0.480. The average molecular weight is 315 g/mol. The van der Waals surface area contributed by atoms with E-state index < -0.39 is 0 Å². The van der Waals surface area contributed by atoms with Crippen LogP contribution in [0.3, 0.4) is 0 Å². The van der Waals surface area contributed by atoms with Crippen LogP contribution in [0.4, 0.5) is 17.3 Å². The number of nitrogens with two attached hydrogens (primary N) is 1. The van der Waals surface area contributed by atoms with Crippen molar-refractivity contribution in [2.24, 2.45) is 5.84 Å². The Kier molecular flexibility index (Phi) is 3.78. The molecular weight excluding hydrogens is 306 g/mol. The van der Waals surface area contributed by atoms with E-state index in [1.54, 1.807) is 18.3 Å². The Morgan fingerprint density at radius 2 is 2.00 bits per heavy atom. The molecule has 4 N–H and O–H groups in total. The minimum absolute atomic E-state index is 0.480. The lowest BCUT2D eigenvalue weighted by Gasteiger charge is -2.08. The van der Waals surface area contributed by atoms with Gasteiger partial charge in [-0.3, -0.25) is 4.98 Å². The van der Waals surface area contributed by atoms with Crippen LogP contribution in [0, 0.1) is 0 Å². The van der Waals surface area contributed by atoms with Crippen molar-refractivity contribution in [3.8, 4) is 0 Å². The summed E-state index contributed by atoms with van der Waals surface area (Å²) in [5.41, 5.74) is 3.23. The van der Waals surface area contributed by atoms with Gasteiger partial charge in [0.05, 0.1) is 18.1 Å². The van der Waals surface area contributed by atoms with Gasteiger partial charge in [0.2, 0.25) is 0 Å². The highest BCUT2D eigenvalue weighted by Gasteiger charge is 2.03. The largest absolute Gasteiger partial charge is 0.338 e. The molecule has 5 nitrogen and oxygen atoms in total. The van der Waals surface area contributed by atoms with Crippen LogP contribution >= 0.6 is 27.5 Å². The standard InChI is InChI=1S/C10H9BrClN5/c11-7-2-1-6(12)3-8(7)15-9-4-14-5-10(16-9)17-13/h1-5H,13H2,(H2,15,16,17). The van der Waals surface area contributed by atoms with Crippen LogP contribution in [0.2, 0.25) is 5.02 Å². The second-order valence-electron chi connectivity index (χ2n) is 3.18. The Hall–Kier alpha value is -1.37. The number of hydrogen-bond acceptors (Lipinski definition) is 5. The van der Waals surface area contributed by atoms with E-state index in [-0.39, 0.29) is 0 Å². The molecule has 88 valence electrons. The molecule has 1 aromatic carbocycles. The maximum atomic E-state index is 5.91. The lowest BCUT2D eigenvalue weighted by molar-refractivity contribution is 1.16. The molecule has 0 aliphatic rings. The molecule has 0 spiro atoms. The molecule has 0 unspecified atom stereocenters. The fourth-order valence-electron chi connectivity index (χ4n) is 1.23. The zero-order chi connectivity index (χ0) is 12.3. The van der Waals surface area contributed by atoms with E-state index in [9.17, 15) is 0 Å². The lowest BCUT2D eigenvalue weighted by atomic mass is 10.3. The highest BCUT2D eigenvalue weighted by atomic mass is 79.9. The van der Waals surface area contributed by atoms with E-state index in [0.717, 1.165) is 10.2 Å². The third kappa shape index (κ3) is 3.06. The highest BCUT2D eigenvalue weighted by molar-refractivity contribution is 9.10. The molecule has 0 atom stereocenters. The fourth-order valence-corrected chi connectivity index (χ4v) is 1.74. The normalized spacial score (nSPS) is 10.1. The Balaban J connectivity index is 2.27. The summed E-state index contributed by atoms with van der Waals surface area (Å²) in [6, 6.07) is 5.43. The number of aromatic nitrogens is 2. The summed E-state index contributed by atoms with van der Waals surface area (Å²) < 4.78 is 0.884. The van der Waals surface area contributed by atoms with E-state index in [1.807, 2.05) is 6.07 Å². The summed E-state index contributed by atoms with van der Waals surface area (Å²) in [7, 11) is 0. The van der Waals surface area contributed by atoms with Gasteiger partial charge in [-0.15, -0.1) is 0 Å². The van der Waals surface area contributed by atoms with Crippen LogP contribution in [0.25, 0.3) is 0 Å². The van der Waals surface area contributed by atoms with Gasteiger partial charge in [0.15, 0.2) is 11.6 Å². The van der Waals surface area contributed by atoms with Crippen molar-refractivity contribution < 1.29 is 0 Å². The fraction of sp³-hybridized carbons (Fsp3) is 0. The average Bonchev–Trinajstić information content (AvgIpc) is 2.34. The van der Waals surface area contributed by atoms with E-state index >= 15 is 0 Å². The summed E-state index contributed by atoms with van der Waals surface area (Å²) in [6.45, 7) is 0. The summed E-state index contributed by atoms with van der Waals surface area (Å²) in [6.07, 6.45) is 3.12. The first-order valence-electron chi connectivity index (χ1n) is 4.70. The van der Waals surface area contributed by atoms with Crippen molar-refractivity contribution in [3.05, 3.63) is 40.1 Å². The van der Waals surface area contributed by atoms with Crippen LogP contribution in [0.5, 0.6) is 0 Å². The third-order valence-corrected chi connectivity index (χ3v) is 2.90. The highest BCUT2D eigenvalue weighted by Crippen LogP contribution is 2.28. The van der Waals surface area contributed by atoms with Crippen LogP contribution in [-0.2, 0) is 0 Å². The number of nitrogens with zero attached hydrogens (tertiary/aromatic N) is 2. The Morgan fingerprint density at radius 3 is 2.76 bits per heavy atom. The molecule has 7 heteroatoms. The predicted molar refractivity (Wildman–Crippen MR) is 72.3 cm³/mol. The predicted octanol–water partition coefficient (Wildman–Crippen LogP) is 2.92. The van der Waals surface area contributed by atoms with E-state index in [0.29, 0.717) is 16.7 Å². The van der Waals surface area contributed by atoms with Gasteiger partial charge in [-0.05, 0) is 34.1 Å². The molecule has 0 aliphatic heterocycles. The molecule has 0 saturated heterocycles. The SMILES string of the molecule is NNc1cncc(Nc2cc(Cl)ccc2Br)n1. The first kappa shape index (κ1) is 12.1. The molecule has 1 heterocycles. The quantitative estimate of drug-likeness (QED) is 0.600. The maximum Gasteiger partial charge on any atom is 0.160 e. The van der Waals surface area contributed by atoms with Crippen LogP contribution < -0.4 is 16.6 Å². The first-order valence-corrected chi connectivity index (χ1v) is 5.87. The van der Waals surface area contributed by atoms with Crippen molar-refractivity contribution in [2.75, 3.05) is 10.7 Å². The summed E-state index contributed by atoms with van der Waals surface area (Å²) in [5, 5.41) is 3.72. The van der Waals surface area contributed by atoms with E-state index in [4.69, 9.17) is 17.4 Å². The summed E-state index contributed by atoms with van der Waals surface area (Å²) >= 11 is 9.33. The zero-order valence-electron chi connectivity index (χ0n) is 8.61. The molecule has 17 heavy (non-hydrogen) atoms. The number of benzene rings is 1. The number of hydrazine groups is 1. The van der Waals surface area contributed by atoms with Crippen molar-refractivity contribution in [1.82, 2.24) is 9.97 Å². The Morgan fingerprint density at radius 1 is 1.24 bits per heavy atom. The smallest absolute Gasteiger partial charge is 0.160 e. The van der Waals surface area contributed by atoms with Crippen molar-refractivity contribution in [2.45, 2.75) is 0 Å². The first-order chi connectivity index (χ1) is 8.19. The van der Waals surface area contributed by atoms with Gasteiger partial charge in [0.25, 0.3) is 0 Å². The second-order valence-corrected chi connectivity index (χ2v) is 4.47. The zero-order valence-corrected chi connectivity index (χ0v) is 11.0. The number of hydrogen-bond donors (Lipinski definition) is 3. The van der Waals surface area contributed by atoms with Gasteiger partial charge in [-0.1, -0.05) is 11.6 Å². The van der Waals surface area contributed by atoms with Gasteiger partial charge >= 0.3 is 0 Å². The minimum Gasteiger partial charge on any atom is -0.338 e. The molecule has 1 aromatic heterocycles. The third-order valence-electron chi connectivity index (χ3n) is 1.97. The second kappa shape index (κ2) is 5.31. The van der Waals surface area contributed by atoms with Crippen molar-refractivity contribution in [3.63, 3.8) is 0 Å². The number of halogens is 2. The topological polar surface area (TPSA) is 75.9 Å². The molecule has 0 fully saturated rings. The van der Waals surface area contributed by atoms with Crippen molar-refractivity contribution in [1.29, 1.82) is 0 Å². The summed E-state index contributed by atoms with van der Waals surface area (Å²) in [5.74, 6) is 6.31. The number of nitrogen functional groups attached to an aromatic ring is 1. The Labute approximate surface area is 112 Å². The van der Waals surface area contributed by atoms with Crippen LogP contribution in [0.15, 0.2) is 35.1 Å². The lowest BCUT2D eigenvalue weighted by Crippen LogP contribution is -2.09. The van der Waals surface area contributed by atoms with Gasteiger partial charge in [0, 0.05) is 9.50 Å². The monoisotopic (exact) mass is 313 g/mol. The molecule has 0 aliphatic carbocycles.